The second kappa shape index (κ2) is 5.23. The van der Waals surface area contributed by atoms with Crippen LogP contribution in [-0.4, -0.2) is 20.6 Å². The normalized spacial score (nSPS) is 21.1. The summed E-state index contributed by atoms with van der Waals surface area (Å²) < 4.78 is 34.8. The van der Waals surface area contributed by atoms with E-state index >= 15 is 0 Å². The zero-order valence-corrected chi connectivity index (χ0v) is 12.8. The lowest BCUT2D eigenvalue weighted by Crippen LogP contribution is -2.44. The second-order valence-corrected chi connectivity index (χ2v) is 7.07. The highest BCUT2D eigenvalue weighted by Crippen LogP contribution is 2.40. The second-order valence-electron chi connectivity index (χ2n) is 5.53. The Morgan fingerprint density at radius 3 is 2.80 bits per heavy atom. The molecule has 1 heterocycles. The molecule has 1 atom stereocenters. The fraction of sp³-hybridized carbons (Fsp3) is 0.538. The van der Waals surface area contributed by atoms with E-state index in [2.05, 4.69) is 9.44 Å². The molecule has 0 bridgehead atoms. The zero-order valence-electron chi connectivity index (χ0n) is 11.9. The summed E-state index contributed by atoms with van der Waals surface area (Å²) in [7, 11) is -3.53. The van der Waals surface area contributed by atoms with Gasteiger partial charge in [-0.2, -0.15) is 13.1 Å². The molecule has 1 unspecified atom stereocenters. The van der Waals surface area contributed by atoms with E-state index in [-0.39, 0.29) is 6.04 Å². The molecule has 0 aliphatic carbocycles. The molecular formula is C13H21N3O3S. The summed E-state index contributed by atoms with van der Waals surface area (Å²) in [6.45, 7) is 5.94. The Morgan fingerprint density at radius 1 is 1.45 bits per heavy atom. The predicted octanol–water partition coefficient (Wildman–Crippen LogP) is 1.31. The van der Waals surface area contributed by atoms with Gasteiger partial charge in [0.05, 0.1) is 6.04 Å². The first-order chi connectivity index (χ1) is 9.22. The van der Waals surface area contributed by atoms with Crippen LogP contribution in [0.4, 0.5) is 5.69 Å². The van der Waals surface area contributed by atoms with E-state index < -0.39 is 15.8 Å². The number of fused-ring (bicyclic) bond motifs is 1. The number of ether oxygens (including phenoxy) is 1. The molecule has 6 nitrogen and oxygen atoms in total. The third-order valence-corrected chi connectivity index (χ3v) is 4.39. The highest BCUT2D eigenvalue weighted by Gasteiger charge is 2.35. The van der Waals surface area contributed by atoms with Gasteiger partial charge in [0.2, 0.25) is 0 Å². The summed E-state index contributed by atoms with van der Waals surface area (Å²) in [5, 5.41) is 0. The molecule has 1 aromatic carbocycles. The molecule has 1 aromatic rings. The average molecular weight is 299 g/mol. The number of hydrogen-bond donors (Lipinski definition) is 3. The summed E-state index contributed by atoms with van der Waals surface area (Å²) in [5.41, 5.74) is 6.70. The Bertz CT molecular complexity index is 599. The summed E-state index contributed by atoms with van der Waals surface area (Å²) in [5.74, 6) is 0.666. The van der Waals surface area contributed by atoms with Crippen molar-refractivity contribution in [3.05, 3.63) is 23.8 Å². The average Bonchev–Trinajstić information content (AvgIpc) is 2.28. The van der Waals surface area contributed by atoms with Gasteiger partial charge in [-0.05, 0) is 32.0 Å². The minimum absolute atomic E-state index is 0.339. The molecule has 7 heteroatoms. The van der Waals surface area contributed by atoms with Gasteiger partial charge in [-0.15, -0.1) is 0 Å². The number of hydrogen-bond acceptors (Lipinski definition) is 4. The van der Waals surface area contributed by atoms with Gasteiger partial charge in [0.15, 0.2) is 0 Å². The van der Waals surface area contributed by atoms with Crippen molar-refractivity contribution in [3.63, 3.8) is 0 Å². The van der Waals surface area contributed by atoms with Crippen LogP contribution >= 0.6 is 0 Å². The Kier molecular flexibility index (Phi) is 3.95. The maximum Gasteiger partial charge on any atom is 0.277 e. The smallest absolute Gasteiger partial charge is 0.277 e. The third-order valence-electron chi connectivity index (χ3n) is 3.12. The van der Waals surface area contributed by atoms with E-state index in [4.69, 9.17) is 10.5 Å². The fourth-order valence-corrected chi connectivity index (χ4v) is 3.45. The van der Waals surface area contributed by atoms with Crippen LogP contribution in [0.25, 0.3) is 0 Å². The number of nitrogen functional groups attached to an aromatic ring is 1. The van der Waals surface area contributed by atoms with Gasteiger partial charge in [-0.3, -0.25) is 0 Å². The summed E-state index contributed by atoms with van der Waals surface area (Å²) in [4.78, 5) is 0. The number of nitrogens with two attached hydrogens (primary N) is 1. The van der Waals surface area contributed by atoms with E-state index in [0.717, 1.165) is 5.56 Å². The van der Waals surface area contributed by atoms with Crippen molar-refractivity contribution in [1.82, 2.24) is 9.44 Å². The molecule has 0 saturated heterocycles. The highest BCUT2D eigenvalue weighted by molar-refractivity contribution is 7.87. The first-order valence-corrected chi connectivity index (χ1v) is 8.06. The Balaban J connectivity index is 2.36. The van der Waals surface area contributed by atoms with E-state index in [1.54, 1.807) is 25.1 Å². The first kappa shape index (κ1) is 15.1. The minimum Gasteiger partial charge on any atom is -0.487 e. The quantitative estimate of drug-likeness (QED) is 0.731. The molecule has 0 radical (unpaired) electrons. The van der Waals surface area contributed by atoms with Crippen molar-refractivity contribution in [3.8, 4) is 5.75 Å². The van der Waals surface area contributed by atoms with Gasteiger partial charge >= 0.3 is 0 Å². The van der Waals surface area contributed by atoms with Gasteiger partial charge in [-0.25, -0.2) is 4.72 Å². The molecule has 2 rings (SSSR count). The molecule has 112 valence electrons. The maximum atomic E-state index is 11.9. The Morgan fingerprint density at radius 2 is 2.15 bits per heavy atom. The number of nitrogens with one attached hydrogen (secondary N) is 2. The van der Waals surface area contributed by atoms with Crippen molar-refractivity contribution >= 4 is 15.9 Å². The SMILES string of the molecule is CCNS(=O)(=O)NC1CC(C)(C)Oc2ccc(N)cc21. The van der Waals surface area contributed by atoms with Crippen LogP contribution in [0.3, 0.4) is 0 Å². The fourth-order valence-electron chi connectivity index (χ4n) is 2.40. The largest absolute Gasteiger partial charge is 0.487 e. The standard InChI is InChI=1S/C13H21N3O3S/c1-4-15-20(17,18)16-11-8-13(2,3)19-12-6-5-9(14)7-10(11)12/h5-7,11,15-16H,4,8,14H2,1-3H3. The van der Waals surface area contributed by atoms with Gasteiger partial charge in [0.1, 0.15) is 11.4 Å². The van der Waals surface area contributed by atoms with Crippen LogP contribution in [0.5, 0.6) is 5.75 Å². The molecule has 0 spiro atoms. The van der Waals surface area contributed by atoms with Crippen LogP contribution in [0.1, 0.15) is 38.8 Å². The first-order valence-electron chi connectivity index (χ1n) is 6.58. The lowest BCUT2D eigenvalue weighted by Gasteiger charge is -2.37. The van der Waals surface area contributed by atoms with Gasteiger partial charge in [-0.1, -0.05) is 6.92 Å². The van der Waals surface area contributed by atoms with Crippen molar-refractivity contribution in [1.29, 1.82) is 0 Å². The molecule has 4 N–H and O–H groups in total. The van der Waals surface area contributed by atoms with E-state index in [9.17, 15) is 8.42 Å². The molecule has 0 saturated carbocycles. The number of anilines is 1. The minimum atomic E-state index is -3.53. The summed E-state index contributed by atoms with van der Waals surface area (Å²) in [6.07, 6.45) is 0.536. The van der Waals surface area contributed by atoms with Gasteiger partial charge < -0.3 is 10.5 Å². The highest BCUT2D eigenvalue weighted by atomic mass is 32.2. The van der Waals surface area contributed by atoms with Crippen LogP contribution < -0.4 is 19.9 Å². The van der Waals surface area contributed by atoms with Gasteiger partial charge in [0, 0.05) is 24.2 Å². The molecule has 0 aromatic heterocycles. The zero-order chi connectivity index (χ0) is 15.0. The molecule has 0 fully saturated rings. The van der Waals surface area contributed by atoms with Crippen molar-refractivity contribution in [2.75, 3.05) is 12.3 Å². The van der Waals surface area contributed by atoms with Crippen LogP contribution in [-0.2, 0) is 10.2 Å². The lowest BCUT2D eigenvalue weighted by molar-refractivity contribution is 0.0702. The molecule has 1 aliphatic rings. The van der Waals surface area contributed by atoms with Crippen molar-refractivity contribution in [2.45, 2.75) is 38.8 Å². The van der Waals surface area contributed by atoms with Crippen LogP contribution in [0.15, 0.2) is 18.2 Å². The van der Waals surface area contributed by atoms with Crippen molar-refractivity contribution in [2.24, 2.45) is 0 Å². The van der Waals surface area contributed by atoms with E-state index in [1.807, 2.05) is 13.8 Å². The predicted molar refractivity (Wildman–Crippen MR) is 78.7 cm³/mol. The number of rotatable bonds is 4. The molecule has 1 aliphatic heterocycles. The summed E-state index contributed by atoms with van der Waals surface area (Å²) >= 11 is 0. The van der Waals surface area contributed by atoms with Gasteiger partial charge in [0.25, 0.3) is 10.2 Å². The van der Waals surface area contributed by atoms with Crippen LogP contribution in [0, 0.1) is 0 Å². The molecular weight excluding hydrogens is 278 g/mol. The summed E-state index contributed by atoms with van der Waals surface area (Å²) in [6, 6.07) is 4.92. The molecule has 20 heavy (non-hydrogen) atoms. The third kappa shape index (κ3) is 3.41. The number of benzene rings is 1. The topological polar surface area (TPSA) is 93.5 Å². The van der Waals surface area contributed by atoms with E-state index in [0.29, 0.717) is 24.4 Å². The maximum absolute atomic E-state index is 11.9. The lowest BCUT2D eigenvalue weighted by atomic mass is 9.90. The molecule has 0 amide bonds. The van der Waals surface area contributed by atoms with Crippen LogP contribution in [0.2, 0.25) is 0 Å². The monoisotopic (exact) mass is 299 g/mol. The Hall–Kier alpha value is -1.31. The Labute approximate surface area is 119 Å². The van der Waals surface area contributed by atoms with E-state index in [1.165, 1.54) is 0 Å². The van der Waals surface area contributed by atoms with Crippen molar-refractivity contribution < 1.29 is 13.2 Å².